The molecule has 1 aromatic heterocycles. The summed E-state index contributed by atoms with van der Waals surface area (Å²) in [6.07, 6.45) is 2.05. The SMILES string of the molecule is CCOc1ccc(C(=O)NCCn2ccc3ccccc32)cc1. The lowest BCUT2D eigenvalue weighted by Crippen LogP contribution is -2.27. The largest absolute Gasteiger partial charge is 0.494 e. The van der Waals surface area contributed by atoms with Crippen molar-refractivity contribution in [3.8, 4) is 5.75 Å². The molecule has 0 fully saturated rings. The van der Waals surface area contributed by atoms with Gasteiger partial charge in [0.2, 0.25) is 0 Å². The highest BCUT2D eigenvalue weighted by atomic mass is 16.5. The van der Waals surface area contributed by atoms with E-state index < -0.39 is 0 Å². The van der Waals surface area contributed by atoms with Gasteiger partial charge in [0, 0.05) is 30.4 Å². The lowest BCUT2D eigenvalue weighted by Gasteiger charge is -2.08. The average Bonchev–Trinajstić information content (AvgIpc) is 2.99. The lowest BCUT2D eigenvalue weighted by molar-refractivity contribution is 0.0952. The van der Waals surface area contributed by atoms with Gasteiger partial charge in [0.1, 0.15) is 5.75 Å². The van der Waals surface area contributed by atoms with Gasteiger partial charge in [0.15, 0.2) is 0 Å². The number of nitrogens with one attached hydrogen (secondary N) is 1. The van der Waals surface area contributed by atoms with E-state index in [4.69, 9.17) is 4.74 Å². The summed E-state index contributed by atoms with van der Waals surface area (Å²) in [5, 5.41) is 4.17. The van der Waals surface area contributed by atoms with E-state index >= 15 is 0 Å². The summed E-state index contributed by atoms with van der Waals surface area (Å²) in [5.74, 6) is 0.715. The molecule has 0 atom stereocenters. The maximum atomic E-state index is 12.1. The van der Waals surface area contributed by atoms with Gasteiger partial charge in [-0.3, -0.25) is 4.79 Å². The number of aromatic nitrogens is 1. The molecule has 0 saturated heterocycles. The van der Waals surface area contributed by atoms with Crippen LogP contribution in [0.15, 0.2) is 60.8 Å². The van der Waals surface area contributed by atoms with Crippen LogP contribution in [0.1, 0.15) is 17.3 Å². The fraction of sp³-hybridized carbons (Fsp3) is 0.211. The maximum absolute atomic E-state index is 12.1. The zero-order chi connectivity index (χ0) is 16.1. The first-order chi connectivity index (χ1) is 11.3. The first kappa shape index (κ1) is 15.2. The van der Waals surface area contributed by atoms with Crippen LogP contribution >= 0.6 is 0 Å². The molecule has 0 saturated carbocycles. The zero-order valence-corrected chi connectivity index (χ0v) is 13.2. The van der Waals surface area contributed by atoms with Gasteiger partial charge < -0.3 is 14.6 Å². The van der Waals surface area contributed by atoms with Gasteiger partial charge in [0.05, 0.1) is 6.61 Å². The molecule has 1 amide bonds. The molecule has 2 aromatic carbocycles. The third-order valence-corrected chi connectivity index (χ3v) is 3.75. The number of ether oxygens (including phenoxy) is 1. The summed E-state index contributed by atoms with van der Waals surface area (Å²) in [4.78, 5) is 12.1. The first-order valence-electron chi connectivity index (χ1n) is 7.83. The normalized spacial score (nSPS) is 10.7. The highest BCUT2D eigenvalue weighted by molar-refractivity contribution is 5.94. The van der Waals surface area contributed by atoms with Gasteiger partial charge in [-0.1, -0.05) is 18.2 Å². The Morgan fingerprint density at radius 1 is 1.09 bits per heavy atom. The number of rotatable bonds is 6. The van der Waals surface area contributed by atoms with E-state index in [1.54, 1.807) is 12.1 Å². The van der Waals surface area contributed by atoms with E-state index in [1.165, 1.54) is 10.9 Å². The summed E-state index contributed by atoms with van der Waals surface area (Å²) in [7, 11) is 0. The zero-order valence-electron chi connectivity index (χ0n) is 13.2. The maximum Gasteiger partial charge on any atom is 0.251 e. The van der Waals surface area contributed by atoms with E-state index in [2.05, 4.69) is 28.1 Å². The molecule has 1 N–H and O–H groups in total. The van der Waals surface area contributed by atoms with Crippen LogP contribution in [0, 0.1) is 0 Å². The average molecular weight is 308 g/mol. The number of carbonyl (C=O) groups is 1. The van der Waals surface area contributed by atoms with Crippen molar-refractivity contribution in [2.75, 3.05) is 13.2 Å². The number of hydrogen-bond donors (Lipinski definition) is 1. The molecule has 3 aromatic rings. The van der Waals surface area contributed by atoms with Crippen LogP contribution in [0.25, 0.3) is 10.9 Å². The molecule has 0 aliphatic rings. The van der Waals surface area contributed by atoms with Crippen molar-refractivity contribution in [2.45, 2.75) is 13.5 Å². The van der Waals surface area contributed by atoms with E-state index in [0.29, 0.717) is 18.7 Å². The van der Waals surface area contributed by atoms with Crippen LogP contribution in [0.4, 0.5) is 0 Å². The van der Waals surface area contributed by atoms with Gasteiger partial charge in [-0.05, 0) is 48.7 Å². The minimum absolute atomic E-state index is 0.0653. The van der Waals surface area contributed by atoms with Crippen molar-refractivity contribution in [2.24, 2.45) is 0 Å². The lowest BCUT2D eigenvalue weighted by atomic mass is 10.2. The molecule has 0 spiro atoms. The molecular formula is C19H20N2O2. The van der Waals surface area contributed by atoms with E-state index in [9.17, 15) is 4.79 Å². The van der Waals surface area contributed by atoms with Crippen LogP contribution in [-0.2, 0) is 6.54 Å². The molecule has 0 unspecified atom stereocenters. The second-order valence-corrected chi connectivity index (χ2v) is 5.28. The molecule has 118 valence electrons. The minimum Gasteiger partial charge on any atom is -0.494 e. The van der Waals surface area contributed by atoms with Crippen molar-refractivity contribution in [1.29, 1.82) is 0 Å². The van der Waals surface area contributed by atoms with Gasteiger partial charge in [-0.15, -0.1) is 0 Å². The summed E-state index contributed by atoms with van der Waals surface area (Å²) in [6, 6.07) is 17.5. The monoisotopic (exact) mass is 308 g/mol. The number of benzene rings is 2. The third kappa shape index (κ3) is 3.54. The smallest absolute Gasteiger partial charge is 0.251 e. The number of hydrogen-bond acceptors (Lipinski definition) is 2. The Labute approximate surface area is 135 Å². The first-order valence-corrected chi connectivity index (χ1v) is 7.83. The van der Waals surface area contributed by atoms with Crippen LogP contribution in [0.5, 0.6) is 5.75 Å². The third-order valence-electron chi connectivity index (χ3n) is 3.75. The Balaban J connectivity index is 1.56. The number of amides is 1. The molecule has 0 aliphatic carbocycles. The molecule has 4 nitrogen and oxygen atoms in total. The minimum atomic E-state index is -0.0653. The fourth-order valence-electron chi connectivity index (χ4n) is 2.60. The van der Waals surface area contributed by atoms with Gasteiger partial charge >= 0.3 is 0 Å². The van der Waals surface area contributed by atoms with Gasteiger partial charge in [-0.2, -0.15) is 0 Å². The topological polar surface area (TPSA) is 43.3 Å². The van der Waals surface area contributed by atoms with E-state index in [1.807, 2.05) is 37.4 Å². The van der Waals surface area contributed by atoms with Crippen molar-refractivity contribution in [3.05, 3.63) is 66.4 Å². The summed E-state index contributed by atoms with van der Waals surface area (Å²) in [6.45, 7) is 3.89. The number of para-hydroxylation sites is 1. The Hall–Kier alpha value is -2.75. The highest BCUT2D eigenvalue weighted by Crippen LogP contribution is 2.15. The van der Waals surface area contributed by atoms with Crippen LogP contribution in [-0.4, -0.2) is 23.6 Å². The van der Waals surface area contributed by atoms with Gasteiger partial charge in [-0.25, -0.2) is 0 Å². The van der Waals surface area contributed by atoms with E-state index in [0.717, 1.165) is 12.3 Å². The highest BCUT2D eigenvalue weighted by Gasteiger charge is 2.05. The summed E-state index contributed by atoms with van der Waals surface area (Å²) < 4.78 is 7.52. The van der Waals surface area contributed by atoms with Crippen LogP contribution in [0.2, 0.25) is 0 Å². The molecule has 0 bridgehead atoms. The summed E-state index contributed by atoms with van der Waals surface area (Å²) >= 11 is 0. The van der Waals surface area contributed by atoms with Gasteiger partial charge in [0.25, 0.3) is 5.91 Å². The van der Waals surface area contributed by atoms with Crippen LogP contribution < -0.4 is 10.1 Å². The standard InChI is InChI=1S/C19H20N2O2/c1-2-23-17-9-7-16(8-10-17)19(22)20-12-14-21-13-11-15-5-3-4-6-18(15)21/h3-11,13H,2,12,14H2,1H3,(H,20,22). The Kier molecular flexibility index (Phi) is 4.62. The van der Waals surface area contributed by atoms with Crippen molar-refractivity contribution in [3.63, 3.8) is 0 Å². The quantitative estimate of drug-likeness (QED) is 0.757. The molecule has 0 aliphatic heterocycles. The number of carbonyl (C=O) groups excluding carboxylic acids is 1. The number of nitrogens with zero attached hydrogens (tertiary/aromatic N) is 1. The predicted octanol–water partition coefficient (Wildman–Crippen LogP) is 3.47. The molecular weight excluding hydrogens is 288 g/mol. The van der Waals surface area contributed by atoms with Crippen LogP contribution in [0.3, 0.4) is 0 Å². The van der Waals surface area contributed by atoms with Crippen molar-refractivity contribution >= 4 is 16.8 Å². The molecule has 1 heterocycles. The van der Waals surface area contributed by atoms with E-state index in [-0.39, 0.29) is 5.91 Å². The fourth-order valence-corrected chi connectivity index (χ4v) is 2.60. The predicted molar refractivity (Wildman–Crippen MR) is 91.9 cm³/mol. The molecule has 23 heavy (non-hydrogen) atoms. The van der Waals surface area contributed by atoms with Crippen molar-refractivity contribution in [1.82, 2.24) is 9.88 Å². The molecule has 4 heteroatoms. The second-order valence-electron chi connectivity index (χ2n) is 5.28. The number of fused-ring (bicyclic) bond motifs is 1. The Bertz CT molecular complexity index is 790. The molecule has 3 rings (SSSR count). The molecule has 0 radical (unpaired) electrons. The Morgan fingerprint density at radius 2 is 1.87 bits per heavy atom. The summed E-state index contributed by atoms with van der Waals surface area (Å²) in [5.41, 5.74) is 1.83. The second kappa shape index (κ2) is 7.01. The van der Waals surface area contributed by atoms with Crippen molar-refractivity contribution < 1.29 is 9.53 Å². The Morgan fingerprint density at radius 3 is 2.65 bits per heavy atom.